The van der Waals surface area contributed by atoms with E-state index in [9.17, 15) is 14.3 Å². The standard InChI is InChI=1S/C29H31BrFNO4/c1-19(33)32-16-15-21-7-14-27(29(34)28(21)22-3-2-4-24(31)17-22)36-26-12-10-25(11-13-26)35-18-20-5-8-23(30)9-6-20/h2-9,14,17,25-26,34H,10-13,15-16,18H2,1H3,(H,32,33). The molecule has 2 N–H and O–H groups in total. The summed E-state index contributed by atoms with van der Waals surface area (Å²) in [5.74, 6) is -0.123. The number of phenols is 1. The summed E-state index contributed by atoms with van der Waals surface area (Å²) >= 11 is 3.45. The quantitative estimate of drug-likeness (QED) is 0.314. The maximum absolute atomic E-state index is 14.0. The average molecular weight is 556 g/mol. The SMILES string of the molecule is CC(=O)NCCc1ccc(OC2CCC(OCc3ccc(Br)cc3)CC2)c(O)c1-c1cccc(F)c1. The van der Waals surface area contributed by atoms with Gasteiger partial charge in [-0.05, 0) is 79.1 Å². The molecule has 1 amide bonds. The van der Waals surface area contributed by atoms with Crippen molar-refractivity contribution in [2.45, 2.75) is 57.8 Å². The fraction of sp³-hybridized carbons (Fsp3) is 0.345. The van der Waals surface area contributed by atoms with Gasteiger partial charge in [0.25, 0.3) is 0 Å². The highest BCUT2D eigenvalue weighted by atomic mass is 79.9. The zero-order valence-corrected chi connectivity index (χ0v) is 21.9. The first-order valence-electron chi connectivity index (χ1n) is 12.3. The number of carbonyl (C=O) groups excluding carboxylic acids is 1. The highest BCUT2D eigenvalue weighted by Gasteiger charge is 2.25. The number of carbonyl (C=O) groups is 1. The van der Waals surface area contributed by atoms with Gasteiger partial charge in [-0.25, -0.2) is 4.39 Å². The van der Waals surface area contributed by atoms with Crippen LogP contribution in [0.25, 0.3) is 11.1 Å². The van der Waals surface area contributed by atoms with E-state index < -0.39 is 0 Å². The molecule has 1 saturated carbocycles. The molecule has 0 aliphatic heterocycles. The van der Waals surface area contributed by atoms with Crippen LogP contribution in [-0.4, -0.2) is 29.8 Å². The minimum Gasteiger partial charge on any atom is -0.504 e. The van der Waals surface area contributed by atoms with Crippen LogP contribution in [0.1, 0.15) is 43.7 Å². The van der Waals surface area contributed by atoms with E-state index in [1.165, 1.54) is 19.1 Å². The van der Waals surface area contributed by atoms with E-state index in [2.05, 4.69) is 33.4 Å². The van der Waals surface area contributed by atoms with Gasteiger partial charge in [-0.2, -0.15) is 0 Å². The number of amides is 1. The van der Waals surface area contributed by atoms with E-state index in [1.807, 2.05) is 18.2 Å². The molecule has 3 aromatic carbocycles. The van der Waals surface area contributed by atoms with E-state index in [4.69, 9.17) is 9.47 Å². The van der Waals surface area contributed by atoms with Gasteiger partial charge in [0, 0.05) is 23.5 Å². The molecule has 190 valence electrons. The van der Waals surface area contributed by atoms with Crippen molar-refractivity contribution >= 4 is 21.8 Å². The Balaban J connectivity index is 1.41. The number of hydrogen-bond donors (Lipinski definition) is 2. The van der Waals surface area contributed by atoms with Gasteiger partial charge in [-0.1, -0.05) is 46.3 Å². The van der Waals surface area contributed by atoms with E-state index >= 15 is 0 Å². The highest BCUT2D eigenvalue weighted by molar-refractivity contribution is 9.10. The Morgan fingerprint density at radius 1 is 1.06 bits per heavy atom. The normalized spacial score (nSPS) is 17.5. The van der Waals surface area contributed by atoms with Gasteiger partial charge in [-0.3, -0.25) is 4.79 Å². The predicted molar refractivity (Wildman–Crippen MR) is 141 cm³/mol. The molecule has 5 nitrogen and oxygen atoms in total. The molecule has 7 heteroatoms. The maximum Gasteiger partial charge on any atom is 0.216 e. The molecule has 0 atom stereocenters. The van der Waals surface area contributed by atoms with Crippen LogP contribution in [0.4, 0.5) is 4.39 Å². The lowest BCUT2D eigenvalue weighted by atomic mass is 9.94. The van der Waals surface area contributed by atoms with Crippen molar-refractivity contribution in [1.29, 1.82) is 0 Å². The first-order chi connectivity index (χ1) is 17.4. The third-order valence-corrected chi connectivity index (χ3v) is 6.95. The summed E-state index contributed by atoms with van der Waals surface area (Å²) in [4.78, 5) is 11.3. The van der Waals surface area contributed by atoms with Crippen LogP contribution in [0.5, 0.6) is 11.5 Å². The van der Waals surface area contributed by atoms with Crippen molar-refractivity contribution in [3.05, 3.63) is 82.1 Å². The summed E-state index contributed by atoms with van der Waals surface area (Å²) in [7, 11) is 0. The number of ether oxygens (including phenoxy) is 2. The van der Waals surface area contributed by atoms with Crippen LogP contribution in [0.15, 0.2) is 65.1 Å². The third-order valence-electron chi connectivity index (χ3n) is 6.42. The molecule has 1 aliphatic rings. The van der Waals surface area contributed by atoms with E-state index in [0.717, 1.165) is 41.3 Å². The minimum absolute atomic E-state index is 0.00506. The molecular weight excluding hydrogens is 525 g/mol. The lowest BCUT2D eigenvalue weighted by Gasteiger charge is -2.29. The molecular formula is C29H31BrFNO4. The zero-order valence-electron chi connectivity index (χ0n) is 20.3. The second-order valence-electron chi connectivity index (χ2n) is 9.14. The van der Waals surface area contributed by atoms with Gasteiger partial charge in [-0.15, -0.1) is 0 Å². The van der Waals surface area contributed by atoms with Gasteiger partial charge in [0.2, 0.25) is 5.91 Å². The smallest absolute Gasteiger partial charge is 0.216 e. The van der Waals surface area contributed by atoms with Crippen molar-refractivity contribution in [1.82, 2.24) is 5.32 Å². The molecule has 0 bridgehead atoms. The summed E-state index contributed by atoms with van der Waals surface area (Å²) in [5, 5.41) is 13.9. The zero-order chi connectivity index (χ0) is 25.5. The van der Waals surface area contributed by atoms with Gasteiger partial charge in [0.1, 0.15) is 5.82 Å². The van der Waals surface area contributed by atoms with E-state index in [-0.39, 0.29) is 29.7 Å². The predicted octanol–water partition coefficient (Wildman–Crippen LogP) is 6.55. The van der Waals surface area contributed by atoms with Crippen LogP contribution in [-0.2, 0) is 22.6 Å². The average Bonchev–Trinajstić information content (AvgIpc) is 2.86. The Morgan fingerprint density at radius 3 is 2.47 bits per heavy atom. The van der Waals surface area contributed by atoms with Crippen molar-refractivity contribution < 1.29 is 23.8 Å². The molecule has 3 aromatic rings. The Morgan fingerprint density at radius 2 is 1.78 bits per heavy atom. The van der Waals surface area contributed by atoms with Gasteiger partial charge in [0.05, 0.1) is 18.8 Å². The Bertz CT molecular complexity index is 1180. The molecule has 0 spiro atoms. The summed E-state index contributed by atoms with van der Waals surface area (Å²) in [5.41, 5.74) is 3.05. The van der Waals surface area contributed by atoms with Crippen molar-refractivity contribution in [3.63, 3.8) is 0 Å². The van der Waals surface area contributed by atoms with Crippen LogP contribution >= 0.6 is 15.9 Å². The fourth-order valence-electron chi connectivity index (χ4n) is 4.55. The second-order valence-corrected chi connectivity index (χ2v) is 10.1. The first-order valence-corrected chi connectivity index (χ1v) is 13.1. The summed E-state index contributed by atoms with van der Waals surface area (Å²) in [6.45, 7) is 2.46. The molecule has 0 heterocycles. The summed E-state index contributed by atoms with van der Waals surface area (Å²) in [6, 6.07) is 17.9. The summed E-state index contributed by atoms with van der Waals surface area (Å²) < 4.78 is 27.4. The lowest BCUT2D eigenvalue weighted by Crippen LogP contribution is -2.28. The molecule has 36 heavy (non-hydrogen) atoms. The molecule has 1 aliphatic carbocycles. The van der Waals surface area contributed by atoms with E-state index in [0.29, 0.717) is 36.4 Å². The van der Waals surface area contributed by atoms with E-state index in [1.54, 1.807) is 18.2 Å². The number of aromatic hydroxyl groups is 1. The minimum atomic E-state index is -0.382. The topological polar surface area (TPSA) is 67.8 Å². The van der Waals surface area contributed by atoms with Crippen LogP contribution in [0, 0.1) is 5.82 Å². The Labute approximate surface area is 219 Å². The maximum atomic E-state index is 14.0. The molecule has 0 saturated heterocycles. The number of benzene rings is 3. The number of hydrogen-bond acceptors (Lipinski definition) is 4. The highest BCUT2D eigenvalue weighted by Crippen LogP contribution is 2.41. The van der Waals surface area contributed by atoms with Crippen molar-refractivity contribution in [3.8, 4) is 22.6 Å². The summed E-state index contributed by atoms with van der Waals surface area (Å²) in [6.07, 6.45) is 4.06. The Hall–Kier alpha value is -2.90. The molecule has 1 fully saturated rings. The second kappa shape index (κ2) is 12.4. The number of phenolic OH excluding ortho intramolecular Hbond substituents is 1. The van der Waals surface area contributed by atoms with Crippen LogP contribution in [0.3, 0.4) is 0 Å². The Kier molecular flexibility index (Phi) is 8.99. The number of halogens is 2. The van der Waals surface area contributed by atoms with Gasteiger partial charge < -0.3 is 19.9 Å². The third kappa shape index (κ3) is 7.08. The lowest BCUT2D eigenvalue weighted by molar-refractivity contribution is -0.118. The van der Waals surface area contributed by atoms with Gasteiger partial charge >= 0.3 is 0 Å². The molecule has 0 unspecified atom stereocenters. The first kappa shape index (κ1) is 26.2. The monoisotopic (exact) mass is 555 g/mol. The van der Waals surface area contributed by atoms with Crippen LogP contribution < -0.4 is 10.1 Å². The molecule has 0 aromatic heterocycles. The molecule has 0 radical (unpaired) electrons. The van der Waals surface area contributed by atoms with Crippen LogP contribution in [0.2, 0.25) is 0 Å². The van der Waals surface area contributed by atoms with Gasteiger partial charge in [0.15, 0.2) is 11.5 Å². The number of nitrogens with one attached hydrogen (secondary N) is 1. The number of rotatable bonds is 9. The van der Waals surface area contributed by atoms with Crippen molar-refractivity contribution in [2.24, 2.45) is 0 Å². The fourth-order valence-corrected chi connectivity index (χ4v) is 4.81. The largest absolute Gasteiger partial charge is 0.504 e. The molecule has 4 rings (SSSR count). The van der Waals surface area contributed by atoms with Crippen molar-refractivity contribution in [2.75, 3.05) is 6.54 Å².